The van der Waals surface area contributed by atoms with Crippen LogP contribution in [0.25, 0.3) is 10.9 Å². The Balaban J connectivity index is 1.99. The second-order valence-corrected chi connectivity index (χ2v) is 4.40. The number of pyridine rings is 2. The summed E-state index contributed by atoms with van der Waals surface area (Å²) in [4.78, 5) is 8.40. The van der Waals surface area contributed by atoms with Gasteiger partial charge in [-0.25, -0.2) is 4.39 Å². The van der Waals surface area contributed by atoms with E-state index >= 15 is 0 Å². The average molecular weight is 268 g/mol. The molecule has 0 aliphatic carbocycles. The van der Waals surface area contributed by atoms with Crippen molar-refractivity contribution in [3.8, 4) is 0 Å². The lowest BCUT2D eigenvalue weighted by molar-refractivity contribution is 0.632. The van der Waals surface area contributed by atoms with Gasteiger partial charge < -0.3 is 11.1 Å². The molecule has 5 heteroatoms. The van der Waals surface area contributed by atoms with Crippen LogP contribution in [-0.4, -0.2) is 9.97 Å². The summed E-state index contributed by atoms with van der Waals surface area (Å²) in [5.41, 5.74) is 7.90. The van der Waals surface area contributed by atoms with Crippen LogP contribution in [0.3, 0.4) is 0 Å². The number of rotatable bonds is 3. The van der Waals surface area contributed by atoms with Crippen LogP contribution in [0.2, 0.25) is 0 Å². The summed E-state index contributed by atoms with van der Waals surface area (Å²) in [5.74, 6) is -0.412. The Bertz CT molecular complexity index is 743. The van der Waals surface area contributed by atoms with E-state index in [4.69, 9.17) is 5.73 Å². The summed E-state index contributed by atoms with van der Waals surface area (Å²) < 4.78 is 14.1. The number of nitrogens with one attached hydrogen (secondary N) is 1. The molecule has 0 unspecified atom stereocenters. The summed E-state index contributed by atoms with van der Waals surface area (Å²) in [5, 5.41) is 3.78. The van der Waals surface area contributed by atoms with E-state index < -0.39 is 5.82 Å². The predicted molar refractivity (Wildman–Crippen MR) is 77.7 cm³/mol. The van der Waals surface area contributed by atoms with Crippen LogP contribution in [0.15, 0.2) is 48.8 Å². The zero-order valence-electron chi connectivity index (χ0n) is 10.7. The topological polar surface area (TPSA) is 63.8 Å². The van der Waals surface area contributed by atoms with Crippen LogP contribution < -0.4 is 11.1 Å². The molecule has 100 valence electrons. The first-order valence-electron chi connectivity index (χ1n) is 6.22. The van der Waals surface area contributed by atoms with Crippen LogP contribution in [0, 0.1) is 5.82 Å². The third kappa shape index (κ3) is 2.25. The van der Waals surface area contributed by atoms with Crippen molar-refractivity contribution in [3.05, 3.63) is 60.3 Å². The first kappa shape index (κ1) is 12.3. The zero-order chi connectivity index (χ0) is 13.9. The molecule has 2 heterocycles. The molecule has 0 radical (unpaired) electrons. The number of nitrogens with zero attached hydrogens (tertiary/aromatic N) is 2. The molecule has 3 N–H and O–H groups in total. The van der Waals surface area contributed by atoms with Gasteiger partial charge in [0.25, 0.3) is 0 Å². The fourth-order valence-corrected chi connectivity index (χ4v) is 2.09. The minimum atomic E-state index is -0.412. The van der Waals surface area contributed by atoms with Crippen molar-refractivity contribution in [1.29, 1.82) is 0 Å². The number of nitrogens with two attached hydrogens (primary N) is 1. The van der Waals surface area contributed by atoms with E-state index in [-0.39, 0.29) is 0 Å². The van der Waals surface area contributed by atoms with Crippen molar-refractivity contribution in [1.82, 2.24) is 9.97 Å². The Morgan fingerprint density at radius 2 is 1.95 bits per heavy atom. The van der Waals surface area contributed by atoms with Crippen molar-refractivity contribution in [2.45, 2.75) is 6.54 Å². The second-order valence-electron chi connectivity index (χ2n) is 4.40. The number of aromatic nitrogens is 2. The molecule has 0 saturated carbocycles. The third-order valence-corrected chi connectivity index (χ3v) is 3.05. The third-order valence-electron chi connectivity index (χ3n) is 3.05. The first-order chi connectivity index (χ1) is 9.75. The summed E-state index contributed by atoms with van der Waals surface area (Å²) in [6, 6.07) is 10.5. The van der Waals surface area contributed by atoms with Crippen molar-refractivity contribution >= 4 is 22.3 Å². The maximum Gasteiger partial charge on any atom is 0.150 e. The molecule has 0 amide bonds. The monoisotopic (exact) mass is 268 g/mol. The van der Waals surface area contributed by atoms with Gasteiger partial charge in [-0.2, -0.15) is 0 Å². The maximum absolute atomic E-state index is 14.1. The highest BCUT2D eigenvalue weighted by Crippen LogP contribution is 2.29. The van der Waals surface area contributed by atoms with Crippen LogP contribution in [0.5, 0.6) is 0 Å². The zero-order valence-corrected chi connectivity index (χ0v) is 10.7. The molecule has 0 saturated heterocycles. The highest BCUT2D eigenvalue weighted by atomic mass is 19.1. The lowest BCUT2D eigenvalue weighted by Gasteiger charge is -2.11. The number of fused-ring (bicyclic) bond motifs is 1. The molecule has 0 bridgehead atoms. The van der Waals surface area contributed by atoms with Gasteiger partial charge in [0.1, 0.15) is 0 Å². The number of benzene rings is 1. The Kier molecular flexibility index (Phi) is 3.16. The molecule has 0 aliphatic rings. The van der Waals surface area contributed by atoms with Gasteiger partial charge in [0.2, 0.25) is 0 Å². The standard InChI is InChI=1S/C15H13FN4/c16-12-8-13(17)11-5-3-7-19-14(11)15(12)20-9-10-4-1-2-6-18-10/h1-8,20H,9,17H2. The Hall–Kier alpha value is -2.69. The predicted octanol–water partition coefficient (Wildman–Crippen LogP) is 2.96. The van der Waals surface area contributed by atoms with Crippen molar-refractivity contribution in [2.24, 2.45) is 0 Å². The van der Waals surface area contributed by atoms with E-state index in [2.05, 4.69) is 15.3 Å². The number of hydrogen-bond donors (Lipinski definition) is 2. The number of halogens is 1. The first-order valence-corrected chi connectivity index (χ1v) is 6.22. The minimum absolute atomic E-state index is 0.348. The molecule has 1 aromatic carbocycles. The van der Waals surface area contributed by atoms with Crippen LogP contribution in [-0.2, 0) is 6.54 Å². The number of nitrogen functional groups attached to an aromatic ring is 1. The van der Waals surface area contributed by atoms with Gasteiger partial charge >= 0.3 is 0 Å². The lowest BCUT2D eigenvalue weighted by atomic mass is 10.1. The fourth-order valence-electron chi connectivity index (χ4n) is 2.09. The number of anilines is 2. The summed E-state index contributed by atoms with van der Waals surface area (Å²) >= 11 is 0. The molecule has 20 heavy (non-hydrogen) atoms. The Labute approximate surface area is 115 Å². The molecule has 0 spiro atoms. The van der Waals surface area contributed by atoms with Gasteiger partial charge in [0.05, 0.1) is 23.4 Å². The van der Waals surface area contributed by atoms with E-state index in [1.807, 2.05) is 24.3 Å². The van der Waals surface area contributed by atoms with Gasteiger partial charge in [-0.15, -0.1) is 0 Å². The van der Waals surface area contributed by atoms with Crippen LogP contribution >= 0.6 is 0 Å². The lowest BCUT2D eigenvalue weighted by Crippen LogP contribution is -2.05. The molecule has 2 aromatic heterocycles. The van der Waals surface area contributed by atoms with E-state index in [0.29, 0.717) is 23.4 Å². The quantitative estimate of drug-likeness (QED) is 0.717. The second kappa shape index (κ2) is 5.13. The molecular formula is C15H13FN4. The maximum atomic E-state index is 14.1. The van der Waals surface area contributed by atoms with E-state index in [1.54, 1.807) is 18.5 Å². The van der Waals surface area contributed by atoms with E-state index in [9.17, 15) is 4.39 Å². The normalized spacial score (nSPS) is 10.7. The molecule has 3 aromatic rings. The highest BCUT2D eigenvalue weighted by Gasteiger charge is 2.11. The van der Waals surface area contributed by atoms with Gasteiger partial charge in [-0.1, -0.05) is 6.07 Å². The fraction of sp³-hybridized carbons (Fsp3) is 0.0667. The molecule has 0 aliphatic heterocycles. The molecule has 4 nitrogen and oxygen atoms in total. The van der Waals surface area contributed by atoms with E-state index in [1.165, 1.54) is 6.07 Å². The average Bonchev–Trinajstić information content (AvgIpc) is 2.48. The van der Waals surface area contributed by atoms with Crippen LogP contribution in [0.1, 0.15) is 5.69 Å². The SMILES string of the molecule is Nc1cc(F)c(NCc2ccccn2)c2ncccc12. The molecule has 3 rings (SSSR count). The summed E-state index contributed by atoms with van der Waals surface area (Å²) in [6.07, 6.45) is 3.32. The minimum Gasteiger partial charge on any atom is -0.398 e. The molecule has 0 fully saturated rings. The Morgan fingerprint density at radius 1 is 1.10 bits per heavy atom. The van der Waals surface area contributed by atoms with Gasteiger partial charge in [-0.05, 0) is 30.3 Å². The smallest absolute Gasteiger partial charge is 0.150 e. The van der Waals surface area contributed by atoms with Crippen LogP contribution in [0.4, 0.5) is 15.8 Å². The van der Waals surface area contributed by atoms with Gasteiger partial charge in [-0.3, -0.25) is 9.97 Å². The van der Waals surface area contributed by atoms with Crippen molar-refractivity contribution < 1.29 is 4.39 Å². The Morgan fingerprint density at radius 3 is 2.75 bits per heavy atom. The van der Waals surface area contributed by atoms with Gasteiger partial charge in [0, 0.05) is 23.5 Å². The van der Waals surface area contributed by atoms with Crippen molar-refractivity contribution in [3.63, 3.8) is 0 Å². The van der Waals surface area contributed by atoms with E-state index in [0.717, 1.165) is 11.1 Å². The van der Waals surface area contributed by atoms with Gasteiger partial charge in [0.15, 0.2) is 5.82 Å². The van der Waals surface area contributed by atoms with Crippen molar-refractivity contribution in [2.75, 3.05) is 11.1 Å². The highest BCUT2D eigenvalue weighted by molar-refractivity contribution is 5.98. The largest absolute Gasteiger partial charge is 0.398 e. The molecule has 0 atom stereocenters. The number of hydrogen-bond acceptors (Lipinski definition) is 4. The molecular weight excluding hydrogens is 255 g/mol. The summed E-state index contributed by atoms with van der Waals surface area (Å²) in [6.45, 7) is 0.424. The summed E-state index contributed by atoms with van der Waals surface area (Å²) in [7, 11) is 0.